The molecule has 5 nitrogen and oxygen atoms in total. The van der Waals surface area contributed by atoms with E-state index in [2.05, 4.69) is 5.32 Å². The lowest BCUT2D eigenvalue weighted by molar-refractivity contribution is -0.141. The van der Waals surface area contributed by atoms with Gasteiger partial charge in [-0.2, -0.15) is 11.8 Å². The van der Waals surface area contributed by atoms with E-state index in [-0.39, 0.29) is 12.6 Å². The van der Waals surface area contributed by atoms with Crippen LogP contribution in [-0.2, 0) is 4.79 Å². The fourth-order valence-corrected chi connectivity index (χ4v) is 3.26. The number of aliphatic carboxylic acids is 1. The van der Waals surface area contributed by atoms with E-state index in [0.717, 1.165) is 12.8 Å². The summed E-state index contributed by atoms with van der Waals surface area (Å²) in [6.07, 6.45) is 2.31. The smallest absolute Gasteiger partial charge is 0.317 e. The van der Waals surface area contributed by atoms with Crippen LogP contribution in [-0.4, -0.2) is 53.1 Å². The Morgan fingerprint density at radius 3 is 2.58 bits per heavy atom. The van der Waals surface area contributed by atoms with Gasteiger partial charge in [-0.25, -0.2) is 4.79 Å². The minimum Gasteiger partial charge on any atom is -0.481 e. The van der Waals surface area contributed by atoms with Gasteiger partial charge in [0.05, 0.1) is 5.92 Å². The maximum Gasteiger partial charge on any atom is 0.317 e. The third-order valence-corrected chi connectivity index (χ3v) is 4.52. The van der Waals surface area contributed by atoms with E-state index in [0.29, 0.717) is 19.0 Å². The Morgan fingerprint density at radius 2 is 2.05 bits per heavy atom. The molecule has 1 heterocycles. The largest absolute Gasteiger partial charge is 0.481 e. The van der Waals surface area contributed by atoms with Crippen LogP contribution in [0, 0.1) is 11.8 Å². The maximum absolute atomic E-state index is 12.0. The highest BCUT2D eigenvalue weighted by Gasteiger charge is 2.20. The van der Waals surface area contributed by atoms with Gasteiger partial charge in [0.25, 0.3) is 0 Å². The van der Waals surface area contributed by atoms with Crippen molar-refractivity contribution in [1.82, 2.24) is 10.2 Å². The number of amides is 2. The summed E-state index contributed by atoms with van der Waals surface area (Å²) in [5.74, 6) is 1.52. The quantitative estimate of drug-likeness (QED) is 0.783. The van der Waals surface area contributed by atoms with Gasteiger partial charge >= 0.3 is 12.0 Å². The van der Waals surface area contributed by atoms with Crippen LogP contribution in [0.15, 0.2) is 0 Å². The van der Waals surface area contributed by atoms with Gasteiger partial charge in [0.2, 0.25) is 0 Å². The Morgan fingerprint density at radius 1 is 1.42 bits per heavy atom. The maximum atomic E-state index is 12.0. The van der Waals surface area contributed by atoms with Crippen LogP contribution >= 0.6 is 11.8 Å². The summed E-state index contributed by atoms with van der Waals surface area (Å²) in [5.41, 5.74) is 0. The van der Waals surface area contributed by atoms with Crippen molar-refractivity contribution in [3.8, 4) is 0 Å². The van der Waals surface area contributed by atoms with Gasteiger partial charge < -0.3 is 15.3 Å². The lowest BCUT2D eigenvalue weighted by Gasteiger charge is -2.26. The van der Waals surface area contributed by atoms with E-state index >= 15 is 0 Å². The summed E-state index contributed by atoms with van der Waals surface area (Å²) in [6.45, 7) is 4.99. The minimum absolute atomic E-state index is 0.145. The fraction of sp³-hybridized carbons (Fsp3) is 0.846. The second-order valence-corrected chi connectivity index (χ2v) is 6.24. The number of hydrogen-bond acceptors (Lipinski definition) is 3. The monoisotopic (exact) mass is 288 g/mol. The molecule has 2 amide bonds. The molecule has 1 unspecified atom stereocenters. The Balaban J connectivity index is 2.34. The molecule has 110 valence electrons. The van der Waals surface area contributed by atoms with Gasteiger partial charge in [0.15, 0.2) is 0 Å². The summed E-state index contributed by atoms with van der Waals surface area (Å²) < 4.78 is 0. The van der Waals surface area contributed by atoms with Crippen LogP contribution < -0.4 is 5.32 Å². The first-order valence-corrected chi connectivity index (χ1v) is 8.03. The van der Waals surface area contributed by atoms with E-state index in [1.54, 1.807) is 11.8 Å². The van der Waals surface area contributed by atoms with Crippen molar-refractivity contribution >= 4 is 23.8 Å². The third-order valence-electron chi connectivity index (χ3n) is 3.47. The SMILES string of the molecule is CCN(CC(C)C(=O)O)C(=O)NCC1CCSCC1. The number of carbonyl (C=O) groups excluding carboxylic acids is 1. The normalized spacial score (nSPS) is 17.8. The second kappa shape index (κ2) is 8.30. The summed E-state index contributed by atoms with van der Waals surface area (Å²) >= 11 is 1.97. The number of carboxylic acid groups (broad SMARTS) is 1. The minimum atomic E-state index is -0.865. The first-order chi connectivity index (χ1) is 9.04. The van der Waals surface area contributed by atoms with Crippen LogP contribution in [0.2, 0.25) is 0 Å². The highest BCUT2D eigenvalue weighted by molar-refractivity contribution is 7.99. The van der Waals surface area contributed by atoms with Crippen molar-refractivity contribution < 1.29 is 14.7 Å². The Bertz CT molecular complexity index is 306. The third kappa shape index (κ3) is 5.72. The van der Waals surface area contributed by atoms with E-state index < -0.39 is 11.9 Å². The Hall–Kier alpha value is -0.910. The summed E-state index contributed by atoms with van der Waals surface area (Å²) in [6, 6.07) is -0.145. The number of hydrogen-bond donors (Lipinski definition) is 2. The first kappa shape index (κ1) is 16.1. The summed E-state index contributed by atoms with van der Waals surface area (Å²) in [4.78, 5) is 24.4. The van der Waals surface area contributed by atoms with Crippen molar-refractivity contribution in [2.24, 2.45) is 11.8 Å². The van der Waals surface area contributed by atoms with E-state index in [9.17, 15) is 9.59 Å². The molecule has 1 aliphatic heterocycles. The van der Waals surface area contributed by atoms with E-state index in [1.165, 1.54) is 11.5 Å². The molecule has 0 bridgehead atoms. The van der Waals surface area contributed by atoms with Crippen LogP contribution in [0.25, 0.3) is 0 Å². The number of rotatable bonds is 6. The fourth-order valence-electron chi connectivity index (χ4n) is 2.06. The molecule has 0 saturated carbocycles. The molecule has 0 aromatic rings. The van der Waals surface area contributed by atoms with Gasteiger partial charge in [0.1, 0.15) is 0 Å². The summed E-state index contributed by atoms with van der Waals surface area (Å²) in [7, 11) is 0. The Labute approximate surface area is 119 Å². The number of nitrogens with zero attached hydrogens (tertiary/aromatic N) is 1. The zero-order valence-electron chi connectivity index (χ0n) is 11.7. The predicted molar refractivity (Wildman–Crippen MR) is 77.5 cm³/mol. The van der Waals surface area contributed by atoms with Crippen molar-refractivity contribution in [2.75, 3.05) is 31.1 Å². The van der Waals surface area contributed by atoms with Crippen molar-refractivity contribution in [3.63, 3.8) is 0 Å². The van der Waals surface area contributed by atoms with Crippen LogP contribution in [0.4, 0.5) is 4.79 Å². The van der Waals surface area contributed by atoms with Crippen molar-refractivity contribution in [2.45, 2.75) is 26.7 Å². The molecule has 0 spiro atoms. The van der Waals surface area contributed by atoms with Crippen LogP contribution in [0.3, 0.4) is 0 Å². The highest BCUT2D eigenvalue weighted by Crippen LogP contribution is 2.21. The van der Waals surface area contributed by atoms with Crippen molar-refractivity contribution in [1.29, 1.82) is 0 Å². The molecule has 0 aromatic carbocycles. The lowest BCUT2D eigenvalue weighted by atomic mass is 10.0. The number of urea groups is 1. The van der Waals surface area contributed by atoms with Gasteiger partial charge in [-0.15, -0.1) is 0 Å². The predicted octanol–water partition coefficient (Wildman–Crippen LogP) is 1.88. The van der Waals surface area contributed by atoms with Crippen molar-refractivity contribution in [3.05, 3.63) is 0 Å². The van der Waals surface area contributed by atoms with E-state index in [4.69, 9.17) is 5.11 Å². The summed E-state index contributed by atoms with van der Waals surface area (Å²) in [5, 5.41) is 11.8. The zero-order valence-corrected chi connectivity index (χ0v) is 12.5. The number of carbonyl (C=O) groups is 2. The highest BCUT2D eigenvalue weighted by atomic mass is 32.2. The number of thioether (sulfide) groups is 1. The number of carboxylic acids is 1. The molecule has 1 atom stereocenters. The molecular weight excluding hydrogens is 264 g/mol. The van der Waals surface area contributed by atoms with Crippen LogP contribution in [0.5, 0.6) is 0 Å². The molecule has 0 aromatic heterocycles. The molecule has 1 rings (SSSR count). The first-order valence-electron chi connectivity index (χ1n) is 6.87. The molecule has 6 heteroatoms. The van der Waals surface area contributed by atoms with E-state index in [1.807, 2.05) is 18.7 Å². The zero-order chi connectivity index (χ0) is 14.3. The average molecular weight is 288 g/mol. The molecule has 1 aliphatic rings. The average Bonchev–Trinajstić information content (AvgIpc) is 2.42. The molecule has 1 fully saturated rings. The van der Waals surface area contributed by atoms with Gasteiger partial charge in [-0.3, -0.25) is 4.79 Å². The molecular formula is C13H24N2O3S. The Kier molecular flexibility index (Phi) is 7.05. The molecule has 19 heavy (non-hydrogen) atoms. The second-order valence-electron chi connectivity index (χ2n) is 5.02. The van der Waals surface area contributed by atoms with Crippen LogP contribution in [0.1, 0.15) is 26.7 Å². The van der Waals surface area contributed by atoms with Gasteiger partial charge in [-0.05, 0) is 37.2 Å². The molecule has 1 saturated heterocycles. The topological polar surface area (TPSA) is 69.6 Å². The molecule has 0 aliphatic carbocycles. The van der Waals surface area contributed by atoms with Gasteiger partial charge in [0, 0.05) is 19.6 Å². The standard InChI is InChI=1S/C13H24N2O3S/c1-3-15(9-10(2)12(16)17)13(18)14-8-11-4-6-19-7-5-11/h10-11H,3-9H2,1-2H3,(H,14,18)(H,16,17). The number of nitrogens with one attached hydrogen (secondary N) is 1. The molecule has 0 radical (unpaired) electrons. The lowest BCUT2D eigenvalue weighted by Crippen LogP contribution is -2.44. The van der Waals surface area contributed by atoms with Gasteiger partial charge in [-0.1, -0.05) is 6.92 Å². The molecule has 2 N–H and O–H groups in total.